The Morgan fingerprint density at radius 1 is 1.33 bits per heavy atom. The Kier molecular flexibility index (Phi) is 3.93. The molecule has 0 fully saturated rings. The molecule has 7 heteroatoms. The molecule has 0 bridgehead atoms. The van der Waals surface area contributed by atoms with Crippen molar-refractivity contribution in [2.24, 2.45) is 5.16 Å². The number of rotatable bonds is 3. The van der Waals surface area contributed by atoms with E-state index < -0.39 is 17.3 Å². The van der Waals surface area contributed by atoms with E-state index in [1.54, 1.807) is 6.92 Å². The Bertz CT molecular complexity index is 751. The van der Waals surface area contributed by atoms with Crippen LogP contribution in [0.15, 0.2) is 40.3 Å². The van der Waals surface area contributed by atoms with E-state index in [1.165, 1.54) is 31.2 Å². The Balaban J connectivity index is 2.34. The highest BCUT2D eigenvalue weighted by atomic mass is 19.1. The standard InChI is InChI=1S/C14H13FN2O4/c1-8-7-12(18)17(20)14(19)13(8)9(2)16-21-11-5-3-10(15)4-6-11/h3-7,19-20H,1-2H3/b16-9-. The van der Waals surface area contributed by atoms with Crippen LogP contribution in [0.5, 0.6) is 11.6 Å². The molecule has 0 saturated carbocycles. The molecule has 0 amide bonds. The summed E-state index contributed by atoms with van der Waals surface area (Å²) in [5.41, 5.74) is 0.115. The first kappa shape index (κ1) is 14.6. The molecule has 0 radical (unpaired) electrons. The molecule has 0 spiro atoms. The van der Waals surface area contributed by atoms with E-state index >= 15 is 0 Å². The van der Waals surface area contributed by atoms with Crippen LogP contribution >= 0.6 is 0 Å². The molecule has 1 aromatic carbocycles. The van der Waals surface area contributed by atoms with Crippen LogP contribution in [-0.4, -0.2) is 20.8 Å². The Labute approximate surface area is 119 Å². The molecule has 0 unspecified atom stereocenters. The largest absolute Gasteiger partial charge is 0.492 e. The number of aromatic nitrogens is 1. The van der Waals surface area contributed by atoms with E-state index in [0.29, 0.717) is 11.3 Å². The zero-order chi connectivity index (χ0) is 15.6. The van der Waals surface area contributed by atoms with Crippen molar-refractivity contribution in [3.63, 3.8) is 0 Å². The SMILES string of the molecule is C/C(=N/Oc1ccc(F)cc1)c1c(C)cc(=O)n(O)c1O. The molecule has 2 aromatic rings. The summed E-state index contributed by atoms with van der Waals surface area (Å²) in [7, 11) is 0. The monoisotopic (exact) mass is 292 g/mol. The molecule has 110 valence electrons. The summed E-state index contributed by atoms with van der Waals surface area (Å²) in [5.74, 6) is -0.710. The first-order valence-corrected chi connectivity index (χ1v) is 6.02. The van der Waals surface area contributed by atoms with Gasteiger partial charge >= 0.3 is 0 Å². The van der Waals surface area contributed by atoms with Crippen molar-refractivity contribution in [2.75, 3.05) is 0 Å². The molecule has 2 N–H and O–H groups in total. The topological polar surface area (TPSA) is 84.0 Å². The van der Waals surface area contributed by atoms with Crippen molar-refractivity contribution in [3.05, 3.63) is 57.6 Å². The van der Waals surface area contributed by atoms with E-state index in [4.69, 9.17) is 4.84 Å². The fraction of sp³-hybridized carbons (Fsp3) is 0.143. The molecule has 0 aliphatic carbocycles. The molecular weight excluding hydrogens is 279 g/mol. The van der Waals surface area contributed by atoms with Gasteiger partial charge in [0.1, 0.15) is 5.82 Å². The van der Waals surface area contributed by atoms with Crippen LogP contribution in [0, 0.1) is 12.7 Å². The predicted octanol–water partition coefficient (Wildman–Crippen LogP) is 2.04. The van der Waals surface area contributed by atoms with Crippen LogP contribution < -0.4 is 10.4 Å². The van der Waals surface area contributed by atoms with E-state index in [-0.39, 0.29) is 16.0 Å². The molecule has 21 heavy (non-hydrogen) atoms. The second-order valence-electron chi connectivity index (χ2n) is 4.40. The quantitative estimate of drug-likeness (QED) is 0.515. The van der Waals surface area contributed by atoms with Crippen LogP contribution in [0.1, 0.15) is 18.1 Å². The lowest BCUT2D eigenvalue weighted by molar-refractivity contribution is 0.143. The third-order valence-electron chi connectivity index (χ3n) is 2.83. The van der Waals surface area contributed by atoms with Crippen LogP contribution in [0.3, 0.4) is 0 Å². The minimum Gasteiger partial charge on any atom is -0.492 e. The molecule has 0 aliphatic rings. The van der Waals surface area contributed by atoms with Gasteiger partial charge in [-0.2, -0.15) is 0 Å². The van der Waals surface area contributed by atoms with Crippen molar-refractivity contribution < 1.29 is 19.5 Å². The van der Waals surface area contributed by atoms with Gasteiger partial charge < -0.3 is 15.2 Å². The number of aromatic hydroxyl groups is 1. The maximum Gasteiger partial charge on any atom is 0.286 e. The Morgan fingerprint density at radius 2 is 1.95 bits per heavy atom. The molecule has 1 aromatic heterocycles. The average Bonchev–Trinajstić information content (AvgIpc) is 2.44. The van der Waals surface area contributed by atoms with Crippen molar-refractivity contribution >= 4 is 5.71 Å². The summed E-state index contributed by atoms with van der Waals surface area (Å²) < 4.78 is 12.9. The zero-order valence-corrected chi connectivity index (χ0v) is 11.4. The predicted molar refractivity (Wildman–Crippen MR) is 73.5 cm³/mol. The van der Waals surface area contributed by atoms with Crippen LogP contribution in [0.4, 0.5) is 4.39 Å². The normalized spacial score (nSPS) is 11.5. The molecule has 6 nitrogen and oxygen atoms in total. The van der Waals surface area contributed by atoms with Crippen LogP contribution in [0.2, 0.25) is 0 Å². The number of hydrogen-bond donors (Lipinski definition) is 2. The van der Waals surface area contributed by atoms with Gasteiger partial charge in [-0.05, 0) is 43.7 Å². The highest BCUT2D eigenvalue weighted by Gasteiger charge is 2.15. The number of nitrogens with zero attached hydrogens (tertiary/aromatic N) is 2. The Morgan fingerprint density at radius 3 is 2.57 bits per heavy atom. The van der Waals surface area contributed by atoms with Gasteiger partial charge in [0.2, 0.25) is 5.88 Å². The Hall–Kier alpha value is -2.83. The lowest BCUT2D eigenvalue weighted by atomic mass is 10.1. The second kappa shape index (κ2) is 5.66. The summed E-state index contributed by atoms with van der Waals surface area (Å²) in [4.78, 5) is 16.4. The number of pyridine rings is 1. The highest BCUT2D eigenvalue weighted by molar-refractivity contribution is 6.01. The van der Waals surface area contributed by atoms with Gasteiger partial charge in [0.25, 0.3) is 5.56 Å². The maximum absolute atomic E-state index is 12.8. The van der Waals surface area contributed by atoms with Crippen molar-refractivity contribution in [1.82, 2.24) is 4.73 Å². The van der Waals surface area contributed by atoms with Crippen molar-refractivity contribution in [3.8, 4) is 11.6 Å². The molecule has 0 saturated heterocycles. The maximum atomic E-state index is 12.8. The molecule has 1 heterocycles. The minimum atomic E-state index is -0.749. The summed E-state index contributed by atoms with van der Waals surface area (Å²) in [6, 6.07) is 6.39. The number of aryl methyl sites for hydroxylation is 1. The fourth-order valence-electron chi connectivity index (χ4n) is 1.81. The van der Waals surface area contributed by atoms with Crippen molar-refractivity contribution in [2.45, 2.75) is 13.8 Å². The van der Waals surface area contributed by atoms with E-state index in [2.05, 4.69) is 5.16 Å². The van der Waals surface area contributed by atoms with E-state index in [9.17, 15) is 19.5 Å². The van der Waals surface area contributed by atoms with Crippen molar-refractivity contribution in [1.29, 1.82) is 0 Å². The molecular formula is C14H13FN2O4. The van der Waals surface area contributed by atoms with Gasteiger partial charge in [0.05, 0.1) is 11.3 Å². The number of halogens is 1. The number of benzene rings is 1. The second-order valence-corrected chi connectivity index (χ2v) is 4.40. The zero-order valence-electron chi connectivity index (χ0n) is 11.4. The van der Waals surface area contributed by atoms with E-state index in [1.807, 2.05) is 0 Å². The summed E-state index contributed by atoms with van der Waals surface area (Å²) in [6.45, 7) is 3.13. The van der Waals surface area contributed by atoms with Gasteiger partial charge in [-0.3, -0.25) is 4.79 Å². The number of hydrogen-bond acceptors (Lipinski definition) is 5. The smallest absolute Gasteiger partial charge is 0.286 e. The third kappa shape index (κ3) is 3.02. The first-order chi connectivity index (χ1) is 9.90. The summed E-state index contributed by atoms with van der Waals surface area (Å²) in [6.07, 6.45) is 0. The molecule has 2 rings (SSSR count). The van der Waals surface area contributed by atoms with E-state index in [0.717, 1.165) is 6.07 Å². The summed E-state index contributed by atoms with van der Waals surface area (Å²) >= 11 is 0. The van der Waals surface area contributed by atoms with Crippen LogP contribution in [0.25, 0.3) is 0 Å². The minimum absolute atomic E-state index is 0.124. The van der Waals surface area contributed by atoms with Gasteiger partial charge in [-0.15, -0.1) is 4.73 Å². The van der Waals surface area contributed by atoms with Crippen LogP contribution in [-0.2, 0) is 0 Å². The highest BCUT2D eigenvalue weighted by Crippen LogP contribution is 2.19. The molecule has 0 atom stereocenters. The molecule has 0 aliphatic heterocycles. The third-order valence-corrected chi connectivity index (χ3v) is 2.83. The van der Waals surface area contributed by atoms with Gasteiger partial charge in [-0.1, -0.05) is 5.16 Å². The average molecular weight is 292 g/mol. The number of oxime groups is 1. The summed E-state index contributed by atoms with van der Waals surface area (Å²) in [5, 5.41) is 23.0. The van der Waals surface area contributed by atoms with Gasteiger partial charge in [0.15, 0.2) is 5.75 Å². The van der Waals surface area contributed by atoms with Gasteiger partial charge in [-0.25, -0.2) is 4.39 Å². The lowest BCUT2D eigenvalue weighted by Gasteiger charge is -2.09. The fourth-order valence-corrected chi connectivity index (χ4v) is 1.81. The first-order valence-electron chi connectivity index (χ1n) is 6.02. The van der Waals surface area contributed by atoms with Gasteiger partial charge in [0, 0.05) is 6.07 Å². The lowest BCUT2D eigenvalue weighted by Crippen LogP contribution is -2.20.